The highest BCUT2D eigenvalue weighted by Crippen LogP contribution is 2.25. The third kappa shape index (κ3) is 6.04. The molecule has 8 nitrogen and oxygen atoms in total. The Hall–Kier alpha value is -4.05. The normalized spacial score (nSPS) is 13.5. The minimum atomic E-state index is -3.80. The highest BCUT2D eigenvalue weighted by atomic mass is 32.2. The maximum Gasteiger partial charge on any atom is 0.262 e. The summed E-state index contributed by atoms with van der Waals surface area (Å²) in [5, 5.41) is 2.60. The van der Waals surface area contributed by atoms with E-state index < -0.39 is 21.7 Å². The molecule has 0 bridgehead atoms. The average Bonchev–Trinajstić information content (AvgIpc) is 3.32. The number of carbonyl (C=O) groups is 1. The summed E-state index contributed by atoms with van der Waals surface area (Å²) in [7, 11) is -3.80. The number of ether oxygens (including phenoxy) is 1. The van der Waals surface area contributed by atoms with E-state index in [0.717, 1.165) is 6.42 Å². The maximum absolute atomic E-state index is 14.4. The van der Waals surface area contributed by atoms with Crippen LogP contribution in [0.5, 0.6) is 11.5 Å². The minimum Gasteiger partial charge on any atom is -0.453 e. The summed E-state index contributed by atoms with van der Waals surface area (Å²) >= 11 is 0. The molecule has 2 N–H and O–H groups in total. The van der Waals surface area contributed by atoms with E-state index in [2.05, 4.69) is 20.0 Å². The van der Waals surface area contributed by atoms with Gasteiger partial charge in [-0.25, -0.2) is 12.8 Å². The Morgan fingerprint density at radius 3 is 2.74 bits per heavy atom. The highest BCUT2D eigenvalue weighted by Gasteiger charge is 2.18. The van der Waals surface area contributed by atoms with Crippen molar-refractivity contribution in [2.45, 2.75) is 17.7 Å². The topological polar surface area (TPSA) is 110 Å². The lowest BCUT2D eigenvalue weighted by Crippen LogP contribution is -2.29. The van der Waals surface area contributed by atoms with Crippen molar-refractivity contribution in [3.63, 3.8) is 0 Å². The van der Waals surface area contributed by atoms with Crippen LogP contribution >= 0.6 is 0 Å². The molecule has 2 heterocycles. The van der Waals surface area contributed by atoms with Gasteiger partial charge in [-0.3, -0.25) is 19.5 Å². The number of hydrogen-bond donors (Lipinski definition) is 2. The highest BCUT2D eigenvalue weighted by molar-refractivity contribution is 7.90. The van der Waals surface area contributed by atoms with E-state index in [4.69, 9.17) is 4.74 Å². The maximum atomic E-state index is 14.4. The molecular weight excluding hydrogens is 459 g/mol. The summed E-state index contributed by atoms with van der Waals surface area (Å²) in [5.41, 5.74) is 0.751. The second kappa shape index (κ2) is 10.3. The predicted molar refractivity (Wildman–Crippen MR) is 127 cm³/mol. The molecule has 34 heavy (non-hydrogen) atoms. The molecule has 4 rings (SSSR count). The smallest absolute Gasteiger partial charge is 0.262 e. The Bertz CT molecular complexity index is 1360. The fraction of sp³-hybridized carbons (Fsp3) is 0.125. The van der Waals surface area contributed by atoms with Crippen molar-refractivity contribution < 1.29 is 22.3 Å². The molecule has 0 aliphatic carbocycles. The fourth-order valence-corrected chi connectivity index (χ4v) is 4.31. The summed E-state index contributed by atoms with van der Waals surface area (Å²) in [4.78, 5) is 20.3. The van der Waals surface area contributed by atoms with Gasteiger partial charge in [0, 0.05) is 30.9 Å². The molecule has 0 saturated heterocycles. The van der Waals surface area contributed by atoms with Crippen LogP contribution in [0.3, 0.4) is 0 Å². The molecule has 1 aromatic heterocycles. The lowest BCUT2D eigenvalue weighted by molar-refractivity contribution is -0.111. The molecule has 3 aromatic rings. The molecule has 0 radical (unpaired) electrons. The van der Waals surface area contributed by atoms with Crippen molar-refractivity contribution in [1.29, 1.82) is 0 Å². The van der Waals surface area contributed by atoms with Gasteiger partial charge in [0.2, 0.25) is 5.91 Å². The van der Waals surface area contributed by atoms with Gasteiger partial charge in [-0.05, 0) is 60.5 Å². The first-order valence-electron chi connectivity index (χ1n) is 10.4. The molecule has 2 aromatic carbocycles. The van der Waals surface area contributed by atoms with Crippen LogP contribution < -0.4 is 14.8 Å². The number of amides is 1. The monoisotopic (exact) mass is 480 g/mol. The number of pyridine rings is 1. The summed E-state index contributed by atoms with van der Waals surface area (Å²) < 4.78 is 47.4. The zero-order chi connectivity index (χ0) is 24.0. The van der Waals surface area contributed by atoms with Crippen LogP contribution in [0.4, 0.5) is 10.1 Å². The predicted octanol–water partition coefficient (Wildman–Crippen LogP) is 4.14. The van der Waals surface area contributed by atoms with Gasteiger partial charge >= 0.3 is 0 Å². The number of rotatable bonds is 7. The van der Waals surface area contributed by atoms with Gasteiger partial charge in [0.25, 0.3) is 10.0 Å². The third-order valence-corrected chi connectivity index (χ3v) is 6.16. The fourth-order valence-electron chi connectivity index (χ4n) is 3.17. The lowest BCUT2D eigenvalue weighted by atomic mass is 10.2. The number of nitrogens with zero attached hydrogens (tertiary/aromatic N) is 2. The van der Waals surface area contributed by atoms with Gasteiger partial charge in [-0.1, -0.05) is 12.1 Å². The number of aliphatic imine (C=N–C) groups is 1. The quantitative estimate of drug-likeness (QED) is 0.494. The first kappa shape index (κ1) is 23.1. The van der Waals surface area contributed by atoms with Gasteiger partial charge in [-0.15, -0.1) is 0 Å². The second-order valence-electron chi connectivity index (χ2n) is 7.37. The Kier molecular flexibility index (Phi) is 6.98. The minimum absolute atomic E-state index is 0.00940. The first-order chi connectivity index (χ1) is 16.4. The second-order valence-corrected chi connectivity index (χ2v) is 9.05. The summed E-state index contributed by atoms with van der Waals surface area (Å²) in [6.07, 6.45) is 7.11. The van der Waals surface area contributed by atoms with E-state index in [1.54, 1.807) is 30.5 Å². The van der Waals surface area contributed by atoms with Crippen molar-refractivity contribution in [2.75, 3.05) is 11.9 Å². The Morgan fingerprint density at radius 2 is 2.00 bits per heavy atom. The Balaban J connectivity index is 1.39. The van der Waals surface area contributed by atoms with Crippen LogP contribution in [-0.4, -0.2) is 31.7 Å². The first-order valence-corrected chi connectivity index (χ1v) is 11.9. The number of carbonyl (C=O) groups excluding carboxylic acids is 1. The van der Waals surface area contributed by atoms with E-state index in [0.29, 0.717) is 35.8 Å². The van der Waals surface area contributed by atoms with E-state index in [1.807, 2.05) is 0 Å². The van der Waals surface area contributed by atoms with Gasteiger partial charge in [0.1, 0.15) is 11.6 Å². The van der Waals surface area contributed by atoms with Crippen LogP contribution in [0.2, 0.25) is 0 Å². The number of amidine groups is 1. The van der Waals surface area contributed by atoms with Crippen LogP contribution in [-0.2, 0) is 14.8 Å². The lowest BCUT2D eigenvalue weighted by Gasteiger charge is -2.09. The number of nitrogens with one attached hydrogen (secondary N) is 2. The number of hydrogen-bond acceptors (Lipinski definition) is 6. The molecule has 0 atom stereocenters. The van der Waals surface area contributed by atoms with Gasteiger partial charge in [0.15, 0.2) is 11.6 Å². The van der Waals surface area contributed by atoms with Gasteiger partial charge in [0.05, 0.1) is 11.1 Å². The molecule has 0 fully saturated rings. The Morgan fingerprint density at radius 1 is 1.12 bits per heavy atom. The Labute approximate surface area is 196 Å². The van der Waals surface area contributed by atoms with Crippen LogP contribution in [0.25, 0.3) is 6.08 Å². The van der Waals surface area contributed by atoms with Gasteiger partial charge < -0.3 is 10.1 Å². The van der Waals surface area contributed by atoms with E-state index >= 15 is 0 Å². The van der Waals surface area contributed by atoms with Crippen molar-refractivity contribution >= 4 is 33.5 Å². The molecule has 0 saturated carbocycles. The molecule has 1 aliphatic rings. The number of anilines is 1. The van der Waals surface area contributed by atoms with Crippen molar-refractivity contribution in [3.05, 3.63) is 84.4 Å². The van der Waals surface area contributed by atoms with Crippen molar-refractivity contribution in [3.8, 4) is 11.5 Å². The van der Waals surface area contributed by atoms with E-state index in [9.17, 15) is 17.6 Å². The molecule has 0 unspecified atom stereocenters. The van der Waals surface area contributed by atoms with E-state index in [-0.39, 0.29) is 10.6 Å². The summed E-state index contributed by atoms with van der Waals surface area (Å²) in [6, 6.07) is 13.5. The van der Waals surface area contributed by atoms with Crippen molar-refractivity contribution in [2.24, 2.45) is 4.99 Å². The molecule has 0 spiro atoms. The number of benzene rings is 2. The number of aromatic nitrogens is 1. The summed E-state index contributed by atoms with van der Waals surface area (Å²) in [5.74, 6) is -0.228. The van der Waals surface area contributed by atoms with Crippen LogP contribution in [0.15, 0.2) is 83.0 Å². The van der Waals surface area contributed by atoms with Crippen LogP contribution in [0.1, 0.15) is 18.4 Å². The van der Waals surface area contributed by atoms with Crippen molar-refractivity contribution in [1.82, 2.24) is 9.71 Å². The molecule has 174 valence electrons. The molecular formula is C24H21FN4O4S. The zero-order valence-corrected chi connectivity index (χ0v) is 18.8. The number of halogens is 1. The third-order valence-electron chi connectivity index (χ3n) is 4.78. The van der Waals surface area contributed by atoms with E-state index in [1.165, 1.54) is 48.7 Å². The zero-order valence-electron chi connectivity index (χ0n) is 17.9. The molecule has 1 aliphatic heterocycles. The van der Waals surface area contributed by atoms with Gasteiger partial charge in [-0.2, -0.15) is 0 Å². The average molecular weight is 481 g/mol. The molecule has 10 heteroatoms. The SMILES string of the molecule is O=C(/C=C/c1ccc(Oc2cccnc2)c(F)c1)Nc1cccc(S(=O)(=O)NC2=NCCC2)c1. The number of sulfonamides is 1. The molecule has 1 amide bonds. The largest absolute Gasteiger partial charge is 0.453 e. The summed E-state index contributed by atoms with van der Waals surface area (Å²) in [6.45, 7) is 0.602. The van der Waals surface area contributed by atoms with Crippen LogP contribution in [0, 0.1) is 5.82 Å². The standard InChI is InChI=1S/C24H21FN4O4S/c25-21-14-17(8-10-22(21)33-19-5-2-12-26-16-19)9-11-24(30)28-18-4-1-6-20(15-18)34(31,32)29-23-7-3-13-27-23/h1-2,4-6,8-12,14-16H,3,7,13H2,(H,27,29)(H,28,30)/b11-9+.